The van der Waals surface area contributed by atoms with Gasteiger partial charge < -0.3 is 9.64 Å². The summed E-state index contributed by atoms with van der Waals surface area (Å²) >= 11 is 0. The van der Waals surface area contributed by atoms with Crippen molar-refractivity contribution in [2.45, 2.75) is 45.1 Å². The fourth-order valence-corrected chi connectivity index (χ4v) is 4.25. The molecule has 0 aromatic heterocycles. The summed E-state index contributed by atoms with van der Waals surface area (Å²) in [4.78, 5) is 14.3. The molecule has 1 heterocycles. The molecule has 152 valence electrons. The molecule has 0 spiro atoms. The van der Waals surface area contributed by atoms with Gasteiger partial charge in [-0.2, -0.15) is 5.10 Å². The lowest BCUT2D eigenvalue weighted by atomic mass is 9.95. The SMILES string of the molecule is CC(C)(C)OC(=O)NN=C1CCN(CC2c3ccccc3-c3ccccc32)CC1. The molecule has 1 N–H and O–H groups in total. The zero-order chi connectivity index (χ0) is 20.4. The molecule has 2 aromatic carbocycles. The number of ether oxygens (including phenoxy) is 1. The Morgan fingerprint density at radius 3 is 2.14 bits per heavy atom. The quantitative estimate of drug-likeness (QED) is 0.767. The Labute approximate surface area is 172 Å². The van der Waals surface area contributed by atoms with Crippen molar-refractivity contribution >= 4 is 11.8 Å². The van der Waals surface area contributed by atoms with Crippen molar-refractivity contribution in [3.63, 3.8) is 0 Å². The number of nitrogens with zero attached hydrogens (tertiary/aromatic N) is 2. The number of carbonyl (C=O) groups excluding carboxylic acids is 1. The lowest BCUT2D eigenvalue weighted by Crippen LogP contribution is -2.38. The number of likely N-dealkylation sites (tertiary alicyclic amines) is 1. The number of amides is 1. The Hall–Kier alpha value is -2.66. The molecule has 1 aliphatic heterocycles. The number of carbonyl (C=O) groups is 1. The van der Waals surface area contributed by atoms with E-state index in [9.17, 15) is 4.79 Å². The van der Waals surface area contributed by atoms with Crippen molar-refractivity contribution in [1.29, 1.82) is 0 Å². The normalized spacial score (nSPS) is 16.9. The molecule has 1 aliphatic carbocycles. The van der Waals surface area contributed by atoms with Crippen molar-refractivity contribution in [2.24, 2.45) is 5.10 Å². The number of hydrazone groups is 1. The molecule has 0 saturated carbocycles. The highest BCUT2D eigenvalue weighted by Gasteiger charge is 2.30. The van der Waals surface area contributed by atoms with Crippen LogP contribution in [0, 0.1) is 0 Å². The van der Waals surface area contributed by atoms with Crippen molar-refractivity contribution in [2.75, 3.05) is 19.6 Å². The first-order valence-corrected chi connectivity index (χ1v) is 10.4. The Bertz CT molecular complexity index is 874. The van der Waals surface area contributed by atoms with E-state index in [0.29, 0.717) is 5.92 Å². The van der Waals surface area contributed by atoms with E-state index in [1.54, 1.807) is 0 Å². The third kappa shape index (κ3) is 4.51. The topological polar surface area (TPSA) is 53.9 Å². The van der Waals surface area contributed by atoms with Crippen LogP contribution in [0.25, 0.3) is 11.1 Å². The third-order valence-electron chi connectivity index (χ3n) is 5.54. The number of nitrogens with one attached hydrogen (secondary N) is 1. The first-order valence-electron chi connectivity index (χ1n) is 10.4. The van der Waals surface area contributed by atoms with Gasteiger partial charge in [0.25, 0.3) is 0 Å². The van der Waals surface area contributed by atoms with Crippen molar-refractivity contribution < 1.29 is 9.53 Å². The van der Waals surface area contributed by atoms with Crippen LogP contribution in [0.1, 0.15) is 50.7 Å². The van der Waals surface area contributed by atoms with Crippen LogP contribution in [0.2, 0.25) is 0 Å². The number of benzene rings is 2. The highest BCUT2D eigenvalue weighted by molar-refractivity contribution is 5.86. The molecule has 4 rings (SSSR count). The zero-order valence-corrected chi connectivity index (χ0v) is 17.4. The molecule has 5 heteroatoms. The molecular weight excluding hydrogens is 362 g/mol. The first kappa shape index (κ1) is 19.6. The monoisotopic (exact) mass is 391 g/mol. The maximum atomic E-state index is 11.8. The summed E-state index contributed by atoms with van der Waals surface area (Å²) in [6.45, 7) is 8.46. The van der Waals surface area contributed by atoms with Gasteiger partial charge in [-0.05, 0) is 43.0 Å². The Morgan fingerprint density at radius 1 is 1.03 bits per heavy atom. The molecule has 5 nitrogen and oxygen atoms in total. The van der Waals surface area contributed by atoms with Gasteiger partial charge in [-0.25, -0.2) is 10.2 Å². The average molecular weight is 392 g/mol. The van der Waals surface area contributed by atoms with Crippen molar-refractivity contribution in [1.82, 2.24) is 10.3 Å². The summed E-state index contributed by atoms with van der Waals surface area (Å²) in [5.74, 6) is 0.417. The molecule has 1 amide bonds. The minimum atomic E-state index is -0.512. The van der Waals surface area contributed by atoms with Gasteiger partial charge in [-0.15, -0.1) is 0 Å². The van der Waals surface area contributed by atoms with Gasteiger partial charge >= 0.3 is 6.09 Å². The van der Waals surface area contributed by atoms with Crippen molar-refractivity contribution in [3.8, 4) is 11.1 Å². The molecule has 1 saturated heterocycles. The van der Waals surface area contributed by atoms with Gasteiger partial charge in [-0.1, -0.05) is 48.5 Å². The van der Waals surface area contributed by atoms with Gasteiger partial charge in [0, 0.05) is 44.1 Å². The summed E-state index contributed by atoms with van der Waals surface area (Å²) in [5, 5.41) is 4.27. The van der Waals surface area contributed by atoms with Crippen molar-refractivity contribution in [3.05, 3.63) is 59.7 Å². The van der Waals surface area contributed by atoms with Gasteiger partial charge in [0.1, 0.15) is 5.60 Å². The first-order chi connectivity index (χ1) is 13.9. The van der Waals surface area contributed by atoms with Crippen LogP contribution in [0.5, 0.6) is 0 Å². The Balaban J connectivity index is 1.37. The second-order valence-electron chi connectivity index (χ2n) is 8.82. The third-order valence-corrected chi connectivity index (χ3v) is 5.54. The smallest absolute Gasteiger partial charge is 0.428 e. The van der Waals surface area contributed by atoms with Gasteiger partial charge in [0.05, 0.1) is 0 Å². The summed E-state index contributed by atoms with van der Waals surface area (Å²) in [6, 6.07) is 17.5. The van der Waals surface area contributed by atoms with E-state index in [0.717, 1.165) is 38.2 Å². The fraction of sp³-hybridized carbons (Fsp3) is 0.417. The lowest BCUT2D eigenvalue weighted by Gasteiger charge is -2.30. The molecule has 2 aliphatic rings. The van der Waals surface area contributed by atoms with Crippen LogP contribution in [-0.2, 0) is 4.74 Å². The second-order valence-corrected chi connectivity index (χ2v) is 8.82. The van der Waals surface area contributed by atoms with Crippen LogP contribution in [0.3, 0.4) is 0 Å². The fourth-order valence-electron chi connectivity index (χ4n) is 4.25. The van der Waals surface area contributed by atoms with Crippen LogP contribution in [0.15, 0.2) is 53.6 Å². The molecule has 0 atom stereocenters. The van der Waals surface area contributed by atoms with Gasteiger partial charge in [0.2, 0.25) is 0 Å². The average Bonchev–Trinajstić information content (AvgIpc) is 3.00. The number of hydrogen-bond donors (Lipinski definition) is 1. The standard InChI is InChI=1S/C24H29N3O2/c1-24(2,3)29-23(28)26-25-17-12-14-27(15-13-17)16-22-20-10-6-4-8-18(20)19-9-5-7-11-21(19)22/h4-11,22H,12-16H2,1-3H3,(H,26,28). The molecule has 0 unspecified atom stereocenters. The summed E-state index contributed by atoms with van der Waals surface area (Å²) in [5.41, 5.74) is 8.65. The molecule has 2 aromatic rings. The molecule has 0 bridgehead atoms. The maximum Gasteiger partial charge on any atom is 0.428 e. The summed E-state index contributed by atoms with van der Waals surface area (Å²) < 4.78 is 5.24. The van der Waals surface area contributed by atoms with Gasteiger partial charge in [0.15, 0.2) is 0 Å². The minimum absolute atomic E-state index is 0.417. The van der Waals surface area contributed by atoms with Gasteiger partial charge in [-0.3, -0.25) is 0 Å². The number of piperidine rings is 1. The molecular formula is C24H29N3O2. The summed E-state index contributed by atoms with van der Waals surface area (Å²) in [7, 11) is 0. The van der Waals surface area contributed by atoms with Crippen LogP contribution >= 0.6 is 0 Å². The van der Waals surface area contributed by atoms with E-state index in [1.807, 2.05) is 20.8 Å². The Kier molecular flexibility index (Phi) is 5.41. The number of fused-ring (bicyclic) bond motifs is 3. The number of rotatable bonds is 3. The minimum Gasteiger partial charge on any atom is -0.443 e. The Morgan fingerprint density at radius 2 is 1.59 bits per heavy atom. The highest BCUT2D eigenvalue weighted by atomic mass is 16.6. The zero-order valence-electron chi connectivity index (χ0n) is 17.4. The molecule has 29 heavy (non-hydrogen) atoms. The maximum absolute atomic E-state index is 11.8. The number of hydrogen-bond acceptors (Lipinski definition) is 4. The largest absolute Gasteiger partial charge is 0.443 e. The van der Waals surface area contributed by atoms with E-state index in [1.165, 1.54) is 22.3 Å². The highest BCUT2D eigenvalue weighted by Crippen LogP contribution is 2.44. The van der Waals surface area contributed by atoms with E-state index >= 15 is 0 Å². The predicted molar refractivity (Wildman–Crippen MR) is 116 cm³/mol. The van der Waals surface area contributed by atoms with Crippen LogP contribution < -0.4 is 5.43 Å². The predicted octanol–water partition coefficient (Wildman–Crippen LogP) is 4.78. The van der Waals surface area contributed by atoms with E-state index in [2.05, 4.69) is 64.0 Å². The van der Waals surface area contributed by atoms with Crippen LogP contribution in [0.4, 0.5) is 4.79 Å². The molecule has 1 fully saturated rings. The lowest BCUT2D eigenvalue weighted by molar-refractivity contribution is 0.0528. The van der Waals surface area contributed by atoms with E-state index < -0.39 is 11.7 Å². The second kappa shape index (κ2) is 7.99. The van der Waals surface area contributed by atoms with E-state index in [-0.39, 0.29) is 0 Å². The van der Waals surface area contributed by atoms with E-state index in [4.69, 9.17) is 4.74 Å². The van der Waals surface area contributed by atoms with Crippen LogP contribution in [-0.4, -0.2) is 41.9 Å². The molecule has 0 radical (unpaired) electrons. The summed E-state index contributed by atoms with van der Waals surface area (Å²) in [6.07, 6.45) is 1.24.